The van der Waals surface area contributed by atoms with Gasteiger partial charge in [0.1, 0.15) is 6.04 Å². The van der Waals surface area contributed by atoms with Gasteiger partial charge >= 0.3 is 11.9 Å². The van der Waals surface area contributed by atoms with E-state index in [0.29, 0.717) is 0 Å². The molecule has 0 radical (unpaired) electrons. The van der Waals surface area contributed by atoms with Crippen LogP contribution in [0.25, 0.3) is 10.9 Å². The van der Waals surface area contributed by atoms with Crippen molar-refractivity contribution in [1.29, 1.82) is 0 Å². The maximum Gasteiger partial charge on any atom is 0.320 e. The standard InChI is InChI=1S/C14H16N2O4/c15-11(14(19)20)6-8(13(17)18)5-9-7-16-12-4-2-1-3-10(9)12/h1-4,7-8,11,16H,5-6,15H2,(H,17,18)(H,19,20)/t8?,11-/m1/s1. The number of hydrogen-bond donors (Lipinski definition) is 4. The van der Waals surface area contributed by atoms with E-state index in [1.54, 1.807) is 6.20 Å². The molecule has 6 heteroatoms. The third-order valence-electron chi connectivity index (χ3n) is 3.35. The number of aliphatic carboxylic acids is 2. The fourth-order valence-corrected chi connectivity index (χ4v) is 2.24. The third-order valence-corrected chi connectivity index (χ3v) is 3.35. The Balaban J connectivity index is 2.20. The summed E-state index contributed by atoms with van der Waals surface area (Å²) in [7, 11) is 0. The van der Waals surface area contributed by atoms with Crippen molar-refractivity contribution >= 4 is 22.8 Å². The van der Waals surface area contributed by atoms with Crippen LogP contribution in [0.3, 0.4) is 0 Å². The molecule has 1 heterocycles. The number of nitrogens with two attached hydrogens (primary N) is 1. The summed E-state index contributed by atoms with van der Waals surface area (Å²) in [4.78, 5) is 25.1. The second-order valence-corrected chi connectivity index (χ2v) is 4.78. The molecule has 106 valence electrons. The van der Waals surface area contributed by atoms with Gasteiger partial charge in [0.2, 0.25) is 0 Å². The summed E-state index contributed by atoms with van der Waals surface area (Å²) in [6, 6.07) is 6.39. The molecule has 0 aliphatic heterocycles. The highest BCUT2D eigenvalue weighted by Gasteiger charge is 2.25. The van der Waals surface area contributed by atoms with Gasteiger partial charge in [-0.2, -0.15) is 0 Å². The summed E-state index contributed by atoms with van der Waals surface area (Å²) >= 11 is 0. The number of hydrogen-bond acceptors (Lipinski definition) is 3. The Bertz CT molecular complexity index is 635. The second kappa shape index (κ2) is 5.75. The summed E-state index contributed by atoms with van der Waals surface area (Å²) < 4.78 is 0. The highest BCUT2D eigenvalue weighted by atomic mass is 16.4. The first-order chi connectivity index (χ1) is 9.49. The fraction of sp³-hybridized carbons (Fsp3) is 0.286. The number of carboxylic acids is 2. The topological polar surface area (TPSA) is 116 Å². The van der Waals surface area contributed by atoms with Gasteiger partial charge in [-0.3, -0.25) is 9.59 Å². The number of fused-ring (bicyclic) bond motifs is 1. The van der Waals surface area contributed by atoms with E-state index in [1.807, 2.05) is 24.3 Å². The molecule has 6 nitrogen and oxygen atoms in total. The van der Waals surface area contributed by atoms with Crippen molar-refractivity contribution in [3.63, 3.8) is 0 Å². The van der Waals surface area contributed by atoms with Gasteiger partial charge in [-0.15, -0.1) is 0 Å². The molecule has 0 amide bonds. The van der Waals surface area contributed by atoms with E-state index in [0.717, 1.165) is 16.5 Å². The van der Waals surface area contributed by atoms with Crippen LogP contribution in [-0.4, -0.2) is 33.2 Å². The first-order valence-electron chi connectivity index (χ1n) is 6.25. The van der Waals surface area contributed by atoms with Crippen LogP contribution in [0.2, 0.25) is 0 Å². The van der Waals surface area contributed by atoms with Gasteiger partial charge in [-0.1, -0.05) is 18.2 Å². The van der Waals surface area contributed by atoms with Crippen LogP contribution < -0.4 is 5.73 Å². The lowest BCUT2D eigenvalue weighted by Gasteiger charge is -2.14. The molecule has 5 N–H and O–H groups in total. The number of carboxylic acid groups (broad SMARTS) is 2. The zero-order chi connectivity index (χ0) is 14.7. The molecule has 0 spiro atoms. The SMILES string of the molecule is N[C@H](CC(Cc1c[nH]c2ccccc12)C(=O)O)C(=O)O. The van der Waals surface area contributed by atoms with Crippen LogP contribution in [0, 0.1) is 5.92 Å². The lowest BCUT2D eigenvalue weighted by molar-refractivity contribution is -0.143. The summed E-state index contributed by atoms with van der Waals surface area (Å²) in [6.07, 6.45) is 1.91. The predicted molar refractivity (Wildman–Crippen MR) is 73.4 cm³/mol. The first-order valence-corrected chi connectivity index (χ1v) is 6.25. The Kier molecular flexibility index (Phi) is 4.05. The van der Waals surface area contributed by atoms with Gasteiger partial charge in [0, 0.05) is 17.1 Å². The Hall–Kier alpha value is -2.34. The number of aromatic amines is 1. The average Bonchev–Trinajstić information content (AvgIpc) is 2.81. The van der Waals surface area contributed by atoms with Crippen molar-refractivity contribution in [1.82, 2.24) is 4.98 Å². The molecule has 1 aromatic heterocycles. The van der Waals surface area contributed by atoms with Gasteiger partial charge in [-0.05, 0) is 24.5 Å². The fourth-order valence-electron chi connectivity index (χ4n) is 2.24. The Labute approximate surface area is 115 Å². The number of para-hydroxylation sites is 1. The molecule has 1 unspecified atom stereocenters. The number of rotatable bonds is 6. The normalized spacial score (nSPS) is 14.1. The molecule has 2 rings (SSSR count). The summed E-state index contributed by atoms with van der Waals surface area (Å²) in [6.45, 7) is 0. The largest absolute Gasteiger partial charge is 0.481 e. The molecule has 2 aromatic rings. The molecule has 2 atom stereocenters. The molecule has 0 aliphatic carbocycles. The smallest absolute Gasteiger partial charge is 0.320 e. The maximum absolute atomic E-state index is 11.3. The van der Waals surface area contributed by atoms with Crippen LogP contribution in [-0.2, 0) is 16.0 Å². The Morgan fingerprint density at radius 3 is 2.55 bits per heavy atom. The van der Waals surface area contributed by atoms with Crippen LogP contribution in [0.15, 0.2) is 30.5 Å². The second-order valence-electron chi connectivity index (χ2n) is 4.78. The number of benzene rings is 1. The minimum Gasteiger partial charge on any atom is -0.481 e. The van der Waals surface area contributed by atoms with Crippen molar-refractivity contribution in [2.45, 2.75) is 18.9 Å². The zero-order valence-electron chi connectivity index (χ0n) is 10.7. The van der Waals surface area contributed by atoms with Gasteiger partial charge in [-0.25, -0.2) is 0 Å². The van der Waals surface area contributed by atoms with E-state index in [4.69, 9.17) is 10.8 Å². The van der Waals surface area contributed by atoms with Crippen molar-refractivity contribution in [2.75, 3.05) is 0 Å². The molecule has 20 heavy (non-hydrogen) atoms. The van der Waals surface area contributed by atoms with E-state index in [-0.39, 0.29) is 12.8 Å². The summed E-state index contributed by atoms with van der Waals surface area (Å²) in [5, 5.41) is 18.9. The molecule has 1 aromatic carbocycles. The van der Waals surface area contributed by atoms with E-state index < -0.39 is 23.9 Å². The quantitative estimate of drug-likeness (QED) is 0.633. The van der Waals surface area contributed by atoms with E-state index >= 15 is 0 Å². The summed E-state index contributed by atoms with van der Waals surface area (Å²) in [5.74, 6) is -3.04. The highest BCUT2D eigenvalue weighted by molar-refractivity contribution is 5.84. The average molecular weight is 276 g/mol. The van der Waals surface area contributed by atoms with Crippen molar-refractivity contribution < 1.29 is 19.8 Å². The zero-order valence-corrected chi connectivity index (χ0v) is 10.7. The van der Waals surface area contributed by atoms with Gasteiger partial charge in [0.05, 0.1) is 5.92 Å². The number of carbonyl (C=O) groups is 2. The number of H-pyrrole nitrogens is 1. The van der Waals surface area contributed by atoms with Gasteiger partial charge in [0.15, 0.2) is 0 Å². The summed E-state index contributed by atoms with van der Waals surface area (Å²) in [5.41, 5.74) is 7.20. The monoisotopic (exact) mass is 276 g/mol. The molecule has 0 bridgehead atoms. The third kappa shape index (κ3) is 2.97. The molecule has 0 saturated carbocycles. The van der Waals surface area contributed by atoms with Crippen LogP contribution in [0.5, 0.6) is 0 Å². The molecular formula is C14H16N2O4. The van der Waals surface area contributed by atoms with Crippen molar-refractivity contribution in [3.05, 3.63) is 36.0 Å². The number of nitrogens with one attached hydrogen (secondary N) is 1. The van der Waals surface area contributed by atoms with Crippen LogP contribution in [0.1, 0.15) is 12.0 Å². The van der Waals surface area contributed by atoms with Crippen LogP contribution >= 0.6 is 0 Å². The van der Waals surface area contributed by atoms with E-state index in [1.165, 1.54) is 0 Å². The first kappa shape index (κ1) is 14.1. The van der Waals surface area contributed by atoms with Crippen LogP contribution in [0.4, 0.5) is 0 Å². The highest BCUT2D eigenvalue weighted by Crippen LogP contribution is 2.22. The van der Waals surface area contributed by atoms with E-state index in [9.17, 15) is 14.7 Å². The minimum atomic E-state index is -1.19. The number of aromatic nitrogens is 1. The van der Waals surface area contributed by atoms with Crippen molar-refractivity contribution in [2.24, 2.45) is 11.7 Å². The molecule has 0 fully saturated rings. The Morgan fingerprint density at radius 1 is 1.20 bits per heavy atom. The lowest BCUT2D eigenvalue weighted by Crippen LogP contribution is -2.35. The van der Waals surface area contributed by atoms with Crippen molar-refractivity contribution in [3.8, 4) is 0 Å². The minimum absolute atomic E-state index is 0.0931. The lowest BCUT2D eigenvalue weighted by atomic mass is 9.93. The van der Waals surface area contributed by atoms with Gasteiger partial charge in [0.25, 0.3) is 0 Å². The molecular weight excluding hydrogens is 260 g/mol. The predicted octanol–water partition coefficient (Wildman–Crippen LogP) is 1.21. The van der Waals surface area contributed by atoms with E-state index in [2.05, 4.69) is 4.98 Å². The maximum atomic E-state index is 11.3. The molecule has 0 saturated heterocycles. The van der Waals surface area contributed by atoms with Gasteiger partial charge < -0.3 is 20.9 Å². The molecule has 0 aliphatic rings. The Morgan fingerprint density at radius 2 is 1.90 bits per heavy atom.